The highest BCUT2D eigenvalue weighted by Gasteiger charge is 2.50. The van der Waals surface area contributed by atoms with E-state index in [-0.39, 0.29) is 18.0 Å². The van der Waals surface area contributed by atoms with Gasteiger partial charge in [-0.3, -0.25) is 4.68 Å². The molecule has 2 amide bonds. The lowest BCUT2D eigenvalue weighted by Crippen LogP contribution is -2.60. The van der Waals surface area contributed by atoms with Crippen molar-refractivity contribution in [3.8, 4) is 0 Å². The summed E-state index contributed by atoms with van der Waals surface area (Å²) in [5.41, 5.74) is 0.152. The number of fused-ring (bicyclic) bond motifs is 1. The van der Waals surface area contributed by atoms with Gasteiger partial charge in [0.2, 0.25) is 0 Å². The number of amides is 2. The Hall–Kier alpha value is -2.34. The number of nitrogens with zero attached hydrogens (tertiary/aromatic N) is 3. The molecular weight excluding hydrogens is 340 g/mol. The first-order chi connectivity index (χ1) is 13.2. The predicted octanol–water partition coefficient (Wildman–Crippen LogP) is 2.75. The molecule has 2 aromatic rings. The Morgan fingerprint density at radius 2 is 2.04 bits per heavy atom. The lowest BCUT2D eigenvalue weighted by atomic mass is 9.66. The zero-order chi connectivity index (χ0) is 18.7. The summed E-state index contributed by atoms with van der Waals surface area (Å²) in [5, 5.41) is 18.8. The summed E-state index contributed by atoms with van der Waals surface area (Å²) in [5.74, 6) is 0.0965. The molecule has 6 heteroatoms. The van der Waals surface area contributed by atoms with Gasteiger partial charge in [0.25, 0.3) is 0 Å². The van der Waals surface area contributed by atoms with Crippen LogP contribution < -0.4 is 5.32 Å². The minimum absolute atomic E-state index is 0.0193. The Labute approximate surface area is 160 Å². The minimum Gasteiger partial charge on any atom is -0.385 e. The van der Waals surface area contributed by atoms with Crippen molar-refractivity contribution >= 4 is 6.03 Å². The topological polar surface area (TPSA) is 70.4 Å². The number of likely N-dealkylation sites (tertiary alicyclic amines) is 1. The summed E-state index contributed by atoms with van der Waals surface area (Å²) in [4.78, 5) is 14.8. The molecule has 4 rings (SSSR count). The van der Waals surface area contributed by atoms with E-state index in [0.29, 0.717) is 26.1 Å². The van der Waals surface area contributed by atoms with Crippen molar-refractivity contribution in [2.75, 3.05) is 13.1 Å². The van der Waals surface area contributed by atoms with Gasteiger partial charge in [0.05, 0.1) is 12.1 Å². The van der Waals surface area contributed by atoms with Crippen LogP contribution in [0.4, 0.5) is 4.79 Å². The monoisotopic (exact) mass is 368 g/mol. The molecule has 1 saturated carbocycles. The fourth-order valence-electron chi connectivity index (χ4n) is 4.83. The van der Waals surface area contributed by atoms with E-state index < -0.39 is 5.60 Å². The van der Waals surface area contributed by atoms with Crippen molar-refractivity contribution in [1.82, 2.24) is 20.0 Å². The van der Waals surface area contributed by atoms with Crippen molar-refractivity contribution in [2.45, 2.75) is 50.3 Å². The third kappa shape index (κ3) is 3.58. The van der Waals surface area contributed by atoms with Gasteiger partial charge < -0.3 is 15.3 Å². The van der Waals surface area contributed by atoms with E-state index in [1.807, 2.05) is 52.2 Å². The molecule has 0 bridgehead atoms. The van der Waals surface area contributed by atoms with Gasteiger partial charge in [-0.15, -0.1) is 0 Å². The van der Waals surface area contributed by atoms with Crippen molar-refractivity contribution < 1.29 is 9.90 Å². The van der Waals surface area contributed by atoms with Gasteiger partial charge in [0, 0.05) is 37.4 Å². The Morgan fingerprint density at radius 1 is 1.22 bits per heavy atom. The molecule has 3 atom stereocenters. The van der Waals surface area contributed by atoms with Crippen molar-refractivity contribution in [3.63, 3.8) is 0 Å². The number of aromatic nitrogens is 2. The normalized spacial score (nSPS) is 27.8. The Bertz CT molecular complexity index is 749. The van der Waals surface area contributed by atoms with Crippen LogP contribution in [-0.4, -0.2) is 44.9 Å². The van der Waals surface area contributed by atoms with Gasteiger partial charge >= 0.3 is 6.03 Å². The van der Waals surface area contributed by atoms with Crippen LogP contribution in [0.5, 0.6) is 0 Å². The second-order valence-corrected chi connectivity index (χ2v) is 7.69. The van der Waals surface area contributed by atoms with Crippen molar-refractivity contribution in [1.29, 1.82) is 0 Å². The third-order valence-corrected chi connectivity index (χ3v) is 6.19. The molecular formula is C21H28N4O2. The number of hydrogen-bond acceptors (Lipinski definition) is 3. The molecule has 1 saturated heterocycles. The average molecular weight is 368 g/mol. The number of rotatable bonds is 4. The van der Waals surface area contributed by atoms with E-state index in [1.54, 1.807) is 6.20 Å². The number of carbonyl (C=O) groups is 1. The molecule has 2 heterocycles. The van der Waals surface area contributed by atoms with Crippen LogP contribution in [0.1, 0.15) is 37.7 Å². The Kier molecular flexibility index (Phi) is 5.16. The largest absolute Gasteiger partial charge is 0.385 e. The Balaban J connectivity index is 1.45. The molecule has 144 valence electrons. The smallest absolute Gasteiger partial charge is 0.317 e. The molecule has 2 fully saturated rings. The zero-order valence-corrected chi connectivity index (χ0v) is 15.6. The first-order valence-electron chi connectivity index (χ1n) is 9.98. The van der Waals surface area contributed by atoms with Crippen LogP contribution in [0.2, 0.25) is 0 Å². The zero-order valence-electron chi connectivity index (χ0n) is 15.6. The van der Waals surface area contributed by atoms with Gasteiger partial charge in [-0.25, -0.2) is 4.79 Å². The van der Waals surface area contributed by atoms with Gasteiger partial charge in [0.1, 0.15) is 0 Å². The molecule has 0 radical (unpaired) electrons. The van der Waals surface area contributed by atoms with Crippen molar-refractivity contribution in [2.24, 2.45) is 5.92 Å². The van der Waals surface area contributed by atoms with Gasteiger partial charge in [-0.05, 0) is 30.9 Å². The van der Waals surface area contributed by atoms with Crippen molar-refractivity contribution in [3.05, 3.63) is 54.4 Å². The highest BCUT2D eigenvalue weighted by molar-refractivity contribution is 5.74. The molecule has 0 unspecified atom stereocenters. The van der Waals surface area contributed by atoms with Crippen LogP contribution in [0.25, 0.3) is 0 Å². The SMILES string of the molecule is O=C(NCCn1cccn1)N1CC[C@@](O)(c2ccccc2)[C@H]2CCCC[C@H]21. The summed E-state index contributed by atoms with van der Waals surface area (Å²) in [6.45, 7) is 1.80. The van der Waals surface area contributed by atoms with Gasteiger partial charge in [-0.2, -0.15) is 5.10 Å². The van der Waals surface area contributed by atoms with Gasteiger partial charge in [0.15, 0.2) is 0 Å². The Morgan fingerprint density at radius 3 is 2.81 bits per heavy atom. The van der Waals surface area contributed by atoms with Crippen LogP contribution >= 0.6 is 0 Å². The van der Waals surface area contributed by atoms with E-state index in [1.165, 1.54) is 0 Å². The lowest BCUT2D eigenvalue weighted by molar-refractivity contribution is -0.108. The van der Waals surface area contributed by atoms with Crippen LogP contribution in [0, 0.1) is 5.92 Å². The quantitative estimate of drug-likeness (QED) is 0.872. The third-order valence-electron chi connectivity index (χ3n) is 6.19. The molecule has 2 aliphatic rings. The minimum atomic E-state index is -0.835. The summed E-state index contributed by atoms with van der Waals surface area (Å²) in [6.07, 6.45) is 8.38. The first-order valence-corrected chi connectivity index (χ1v) is 9.98. The standard InChI is InChI=1S/C21H28N4O2/c26-20(22-13-16-24-14-6-12-23-24)25-15-11-21(27,17-7-2-1-3-8-17)18-9-4-5-10-19(18)25/h1-3,6-8,12,14,18-19,27H,4-5,9-11,13,15-16H2,(H,22,26)/t18-,19+,21+/m0/s1. The molecule has 1 aliphatic heterocycles. The van der Waals surface area contributed by atoms with E-state index in [2.05, 4.69) is 10.4 Å². The molecule has 6 nitrogen and oxygen atoms in total. The summed E-state index contributed by atoms with van der Waals surface area (Å²) >= 11 is 0. The predicted molar refractivity (Wildman–Crippen MR) is 103 cm³/mol. The maximum absolute atomic E-state index is 12.8. The maximum Gasteiger partial charge on any atom is 0.317 e. The van der Waals surface area contributed by atoms with E-state index in [0.717, 1.165) is 31.2 Å². The number of hydrogen-bond donors (Lipinski definition) is 2. The summed E-state index contributed by atoms with van der Waals surface area (Å²) in [6, 6.07) is 11.9. The number of carbonyl (C=O) groups excluding carboxylic acids is 1. The number of piperidine rings is 1. The average Bonchev–Trinajstić information content (AvgIpc) is 3.22. The number of nitrogens with one attached hydrogen (secondary N) is 1. The van der Waals surface area contributed by atoms with E-state index in [9.17, 15) is 9.90 Å². The van der Waals surface area contributed by atoms with Crippen LogP contribution in [-0.2, 0) is 12.1 Å². The highest BCUT2D eigenvalue weighted by Crippen LogP contribution is 2.46. The fraction of sp³-hybridized carbons (Fsp3) is 0.524. The van der Waals surface area contributed by atoms with E-state index >= 15 is 0 Å². The van der Waals surface area contributed by atoms with Crippen LogP contribution in [0.15, 0.2) is 48.8 Å². The number of aliphatic hydroxyl groups is 1. The van der Waals surface area contributed by atoms with E-state index in [4.69, 9.17) is 0 Å². The molecule has 0 spiro atoms. The van der Waals surface area contributed by atoms with Crippen LogP contribution in [0.3, 0.4) is 0 Å². The second kappa shape index (κ2) is 7.72. The molecule has 1 aromatic heterocycles. The van der Waals surface area contributed by atoms with Gasteiger partial charge in [-0.1, -0.05) is 43.2 Å². The first kappa shape index (κ1) is 18.0. The maximum atomic E-state index is 12.8. The molecule has 1 aliphatic carbocycles. The fourth-order valence-corrected chi connectivity index (χ4v) is 4.83. The highest BCUT2D eigenvalue weighted by atomic mass is 16.3. The summed E-state index contributed by atoms with van der Waals surface area (Å²) < 4.78 is 1.81. The lowest BCUT2D eigenvalue weighted by Gasteiger charge is -2.52. The second-order valence-electron chi connectivity index (χ2n) is 7.69. The molecule has 1 aromatic carbocycles. The molecule has 27 heavy (non-hydrogen) atoms. The number of urea groups is 1. The number of benzene rings is 1. The summed E-state index contributed by atoms with van der Waals surface area (Å²) in [7, 11) is 0. The molecule has 2 N–H and O–H groups in total.